The molecule has 1 atom stereocenters. The number of benzene rings is 1. The summed E-state index contributed by atoms with van der Waals surface area (Å²) in [6.07, 6.45) is 5.98. The van der Waals surface area contributed by atoms with E-state index in [4.69, 9.17) is 0 Å². The first-order valence-electron chi connectivity index (χ1n) is 8.18. The molecule has 2 aromatic rings. The summed E-state index contributed by atoms with van der Waals surface area (Å²) < 4.78 is 0. The van der Waals surface area contributed by atoms with Gasteiger partial charge >= 0.3 is 0 Å². The highest BCUT2D eigenvalue weighted by atomic mass is 32.1. The summed E-state index contributed by atoms with van der Waals surface area (Å²) in [4.78, 5) is 1.55. The van der Waals surface area contributed by atoms with Crippen LogP contribution in [-0.2, 0) is 12.8 Å². The van der Waals surface area contributed by atoms with E-state index in [0.717, 1.165) is 13.0 Å². The lowest BCUT2D eigenvalue weighted by atomic mass is 10.0. The Kier molecular flexibility index (Phi) is 6.98. The quantitative estimate of drug-likeness (QED) is 0.656. The first-order chi connectivity index (χ1) is 10.3. The molecule has 1 unspecified atom stereocenters. The third-order valence-electron chi connectivity index (χ3n) is 3.92. The third-order valence-corrected chi connectivity index (χ3v) is 4.99. The first kappa shape index (κ1) is 16.3. The highest BCUT2D eigenvalue weighted by Crippen LogP contribution is 2.28. The van der Waals surface area contributed by atoms with Crippen molar-refractivity contribution in [3.05, 3.63) is 57.8 Å². The van der Waals surface area contributed by atoms with Crippen LogP contribution in [0.15, 0.2) is 41.8 Å². The molecule has 0 radical (unpaired) electrons. The standard InChI is InChI=1S/C19H27NS/c1-3-14-20-18(19-17(4-2)13-15-21-19)12-8-11-16-9-6-5-7-10-16/h5-7,9-10,13,15,18,20H,3-4,8,11-12,14H2,1-2H3. The van der Waals surface area contributed by atoms with Gasteiger partial charge in [0.1, 0.15) is 0 Å². The molecule has 0 amide bonds. The Labute approximate surface area is 133 Å². The van der Waals surface area contributed by atoms with E-state index in [-0.39, 0.29) is 0 Å². The minimum Gasteiger partial charge on any atom is -0.309 e. The van der Waals surface area contributed by atoms with Gasteiger partial charge < -0.3 is 5.32 Å². The number of thiophene rings is 1. The molecule has 0 aliphatic heterocycles. The maximum Gasteiger partial charge on any atom is 0.0417 e. The summed E-state index contributed by atoms with van der Waals surface area (Å²) in [6.45, 7) is 5.60. The Bertz CT molecular complexity index is 503. The summed E-state index contributed by atoms with van der Waals surface area (Å²) in [7, 11) is 0. The van der Waals surface area contributed by atoms with Gasteiger partial charge in [0.15, 0.2) is 0 Å². The topological polar surface area (TPSA) is 12.0 Å². The van der Waals surface area contributed by atoms with Crippen LogP contribution in [0.2, 0.25) is 0 Å². The highest BCUT2D eigenvalue weighted by Gasteiger charge is 2.15. The fourth-order valence-corrected chi connectivity index (χ4v) is 3.85. The van der Waals surface area contributed by atoms with Crippen LogP contribution in [-0.4, -0.2) is 6.54 Å². The molecule has 1 heterocycles. The van der Waals surface area contributed by atoms with Crippen LogP contribution in [0.5, 0.6) is 0 Å². The molecule has 0 aliphatic carbocycles. The van der Waals surface area contributed by atoms with E-state index in [9.17, 15) is 0 Å². The van der Waals surface area contributed by atoms with Crippen LogP contribution in [0, 0.1) is 0 Å². The van der Waals surface area contributed by atoms with Gasteiger partial charge in [0.25, 0.3) is 0 Å². The molecule has 21 heavy (non-hydrogen) atoms. The second-order valence-corrected chi connectivity index (χ2v) is 6.50. The van der Waals surface area contributed by atoms with Gasteiger partial charge in [-0.2, -0.15) is 0 Å². The Morgan fingerprint density at radius 3 is 2.62 bits per heavy atom. The first-order valence-corrected chi connectivity index (χ1v) is 9.06. The number of hydrogen-bond acceptors (Lipinski definition) is 2. The van der Waals surface area contributed by atoms with Gasteiger partial charge in [0.05, 0.1) is 0 Å². The molecule has 2 heteroatoms. The molecule has 0 spiro atoms. The number of aryl methyl sites for hydroxylation is 2. The van der Waals surface area contributed by atoms with Crippen molar-refractivity contribution in [2.75, 3.05) is 6.54 Å². The predicted molar refractivity (Wildman–Crippen MR) is 94.1 cm³/mol. The van der Waals surface area contributed by atoms with Crippen molar-refractivity contribution in [1.82, 2.24) is 5.32 Å². The van der Waals surface area contributed by atoms with E-state index in [1.165, 1.54) is 36.8 Å². The van der Waals surface area contributed by atoms with Crippen molar-refractivity contribution in [2.24, 2.45) is 0 Å². The molecule has 0 saturated carbocycles. The van der Waals surface area contributed by atoms with E-state index in [2.05, 4.69) is 60.9 Å². The molecule has 1 N–H and O–H groups in total. The predicted octanol–water partition coefficient (Wildman–Crippen LogP) is 5.37. The van der Waals surface area contributed by atoms with Crippen molar-refractivity contribution in [3.8, 4) is 0 Å². The van der Waals surface area contributed by atoms with Crippen molar-refractivity contribution < 1.29 is 0 Å². The van der Waals surface area contributed by atoms with E-state index in [1.54, 1.807) is 4.88 Å². The second kappa shape index (κ2) is 9.01. The van der Waals surface area contributed by atoms with Gasteiger partial charge in [0, 0.05) is 10.9 Å². The Hall–Kier alpha value is -1.12. The monoisotopic (exact) mass is 301 g/mol. The number of rotatable bonds is 9. The van der Waals surface area contributed by atoms with Crippen molar-refractivity contribution >= 4 is 11.3 Å². The summed E-state index contributed by atoms with van der Waals surface area (Å²) in [6, 6.07) is 13.6. The summed E-state index contributed by atoms with van der Waals surface area (Å²) in [5.74, 6) is 0. The van der Waals surface area contributed by atoms with Gasteiger partial charge in [-0.05, 0) is 61.2 Å². The average molecular weight is 301 g/mol. The highest BCUT2D eigenvalue weighted by molar-refractivity contribution is 7.10. The van der Waals surface area contributed by atoms with Crippen molar-refractivity contribution in [3.63, 3.8) is 0 Å². The lowest BCUT2D eigenvalue weighted by Crippen LogP contribution is -2.22. The fourth-order valence-electron chi connectivity index (χ4n) is 2.74. The molecule has 1 aromatic heterocycles. The maximum absolute atomic E-state index is 3.74. The van der Waals surface area contributed by atoms with Gasteiger partial charge in [-0.25, -0.2) is 0 Å². The van der Waals surface area contributed by atoms with E-state index in [1.807, 2.05) is 11.3 Å². The van der Waals surface area contributed by atoms with Crippen LogP contribution in [0.25, 0.3) is 0 Å². The molecule has 0 bridgehead atoms. The zero-order valence-electron chi connectivity index (χ0n) is 13.3. The van der Waals surface area contributed by atoms with Gasteiger partial charge in [-0.1, -0.05) is 44.2 Å². The molecule has 0 aliphatic rings. The van der Waals surface area contributed by atoms with E-state index in [0.29, 0.717) is 6.04 Å². The second-order valence-electron chi connectivity index (χ2n) is 5.55. The largest absolute Gasteiger partial charge is 0.309 e. The third kappa shape index (κ3) is 4.98. The molecular weight excluding hydrogens is 274 g/mol. The SMILES string of the molecule is CCCNC(CCCc1ccccc1)c1sccc1CC. The summed E-state index contributed by atoms with van der Waals surface area (Å²) in [5.41, 5.74) is 2.97. The molecule has 0 fully saturated rings. The van der Waals surface area contributed by atoms with Crippen LogP contribution in [0.3, 0.4) is 0 Å². The van der Waals surface area contributed by atoms with Gasteiger partial charge in [0.2, 0.25) is 0 Å². The van der Waals surface area contributed by atoms with E-state index < -0.39 is 0 Å². The van der Waals surface area contributed by atoms with Crippen molar-refractivity contribution in [2.45, 2.75) is 52.0 Å². The van der Waals surface area contributed by atoms with Crippen LogP contribution >= 0.6 is 11.3 Å². The normalized spacial score (nSPS) is 12.5. The summed E-state index contributed by atoms with van der Waals surface area (Å²) >= 11 is 1.92. The number of hydrogen-bond donors (Lipinski definition) is 1. The number of nitrogens with one attached hydrogen (secondary N) is 1. The lowest BCUT2D eigenvalue weighted by molar-refractivity contribution is 0.488. The Morgan fingerprint density at radius 1 is 1.10 bits per heavy atom. The Balaban J connectivity index is 1.93. The molecule has 1 aromatic carbocycles. The summed E-state index contributed by atoms with van der Waals surface area (Å²) in [5, 5.41) is 5.99. The van der Waals surface area contributed by atoms with Crippen LogP contribution < -0.4 is 5.32 Å². The zero-order chi connectivity index (χ0) is 14.9. The average Bonchev–Trinajstić information content (AvgIpc) is 3.00. The minimum absolute atomic E-state index is 0.531. The molecule has 0 saturated heterocycles. The zero-order valence-corrected chi connectivity index (χ0v) is 14.1. The minimum atomic E-state index is 0.531. The molecule has 114 valence electrons. The Morgan fingerprint density at radius 2 is 1.90 bits per heavy atom. The lowest BCUT2D eigenvalue weighted by Gasteiger charge is -2.19. The van der Waals surface area contributed by atoms with Crippen molar-refractivity contribution in [1.29, 1.82) is 0 Å². The smallest absolute Gasteiger partial charge is 0.0417 e. The molecule has 1 nitrogen and oxygen atoms in total. The van der Waals surface area contributed by atoms with Gasteiger partial charge in [-0.15, -0.1) is 11.3 Å². The van der Waals surface area contributed by atoms with Crippen LogP contribution in [0.1, 0.15) is 55.2 Å². The van der Waals surface area contributed by atoms with Crippen LogP contribution in [0.4, 0.5) is 0 Å². The fraction of sp³-hybridized carbons (Fsp3) is 0.474. The molecule has 2 rings (SSSR count). The maximum atomic E-state index is 3.74. The van der Waals surface area contributed by atoms with E-state index >= 15 is 0 Å². The molecular formula is C19H27NS. The van der Waals surface area contributed by atoms with Gasteiger partial charge in [-0.3, -0.25) is 0 Å².